The van der Waals surface area contributed by atoms with Crippen LogP contribution in [-0.2, 0) is 23.9 Å². The number of aromatic nitrogens is 1. The molecule has 1 saturated heterocycles. The number of amides is 3. The molecule has 0 aromatic carbocycles. The molecule has 1 aromatic rings. The molecule has 3 rings (SSSR count). The van der Waals surface area contributed by atoms with Gasteiger partial charge in [0.2, 0.25) is 11.8 Å². The van der Waals surface area contributed by atoms with Crippen molar-refractivity contribution in [2.45, 2.75) is 89.8 Å². The van der Waals surface area contributed by atoms with Crippen molar-refractivity contribution < 1.29 is 28.7 Å². The molecule has 0 bridgehead atoms. The Labute approximate surface area is 223 Å². The molecule has 11 heteroatoms. The van der Waals surface area contributed by atoms with Gasteiger partial charge in [0.05, 0.1) is 7.11 Å². The second-order valence-corrected chi connectivity index (χ2v) is 11.1. The fraction of sp³-hybridized carbons (Fsp3) is 0.667. The maximum atomic E-state index is 13.7. The van der Waals surface area contributed by atoms with Crippen LogP contribution in [0.25, 0.3) is 0 Å². The summed E-state index contributed by atoms with van der Waals surface area (Å²) in [6.07, 6.45) is 6.92. The highest BCUT2D eigenvalue weighted by Gasteiger charge is 2.35. The third-order valence-electron chi connectivity index (χ3n) is 7.02. The molecule has 1 saturated carbocycles. The van der Waals surface area contributed by atoms with Crippen LogP contribution in [0, 0.1) is 11.8 Å². The lowest BCUT2D eigenvalue weighted by atomic mass is 9.84. The number of esters is 1. The molecular weight excluding hydrogens is 492 g/mol. The van der Waals surface area contributed by atoms with E-state index in [1.807, 2.05) is 0 Å². The lowest BCUT2D eigenvalue weighted by Crippen LogP contribution is -2.48. The molecule has 2 aliphatic rings. The Kier molecular flexibility index (Phi) is 9.93. The molecule has 1 aliphatic carbocycles. The quantitative estimate of drug-likeness (QED) is 0.415. The number of ether oxygens (including phenoxy) is 2. The number of carbonyl (C=O) groups is 4. The summed E-state index contributed by atoms with van der Waals surface area (Å²) < 4.78 is 11.5. The minimum atomic E-state index is -1.03. The second-order valence-electron chi connectivity index (χ2n) is 11.1. The molecule has 3 amide bonds. The topological polar surface area (TPSA) is 145 Å². The zero-order valence-corrected chi connectivity index (χ0v) is 22.7. The Morgan fingerprint density at radius 1 is 1.11 bits per heavy atom. The third-order valence-corrected chi connectivity index (χ3v) is 7.02. The molecule has 1 aromatic heterocycles. The van der Waals surface area contributed by atoms with Crippen molar-refractivity contribution in [1.29, 1.82) is 0 Å². The maximum Gasteiger partial charge on any atom is 0.412 e. The van der Waals surface area contributed by atoms with Crippen LogP contribution in [0.2, 0.25) is 0 Å². The van der Waals surface area contributed by atoms with Gasteiger partial charge in [-0.3, -0.25) is 19.7 Å². The van der Waals surface area contributed by atoms with Gasteiger partial charge in [-0.1, -0.05) is 32.1 Å². The van der Waals surface area contributed by atoms with Crippen LogP contribution in [0.3, 0.4) is 0 Å². The lowest BCUT2D eigenvalue weighted by Gasteiger charge is -2.29. The van der Waals surface area contributed by atoms with Gasteiger partial charge in [0.15, 0.2) is 0 Å². The molecule has 0 spiro atoms. The molecule has 2 heterocycles. The van der Waals surface area contributed by atoms with Gasteiger partial charge in [0, 0.05) is 18.7 Å². The Morgan fingerprint density at radius 2 is 1.82 bits per heavy atom. The van der Waals surface area contributed by atoms with Crippen molar-refractivity contribution in [2.24, 2.45) is 11.8 Å². The number of nitrogens with zero attached hydrogens (tertiary/aromatic N) is 1. The number of nitrogens with one attached hydrogen (secondary N) is 3. The average Bonchev–Trinajstić information content (AvgIpc) is 3.26. The zero-order valence-electron chi connectivity index (χ0n) is 22.7. The van der Waals surface area contributed by atoms with Crippen molar-refractivity contribution in [3.8, 4) is 0 Å². The van der Waals surface area contributed by atoms with Crippen molar-refractivity contribution in [3.05, 3.63) is 28.7 Å². The summed E-state index contributed by atoms with van der Waals surface area (Å²) in [5.41, 5.74) is -1.32. The highest BCUT2D eigenvalue weighted by atomic mass is 16.6. The molecule has 0 unspecified atom stereocenters. The number of rotatable bonds is 9. The van der Waals surface area contributed by atoms with Crippen molar-refractivity contribution >= 4 is 29.6 Å². The molecule has 11 nitrogen and oxygen atoms in total. The first-order valence-corrected chi connectivity index (χ1v) is 13.4. The van der Waals surface area contributed by atoms with E-state index in [-0.39, 0.29) is 23.9 Å². The smallest absolute Gasteiger partial charge is 0.412 e. The zero-order chi connectivity index (χ0) is 27.9. The SMILES string of the molecule is COC(=O)[C@H](C[C@@H]1CCNC1=O)NC(=O)[C@H](CC1CCCCC1)n1cccc(NC(=O)OC(C)(C)C)c1=O. The number of hydrogen-bond donors (Lipinski definition) is 3. The van der Waals surface area contributed by atoms with Crippen molar-refractivity contribution in [3.63, 3.8) is 0 Å². The van der Waals surface area contributed by atoms with E-state index in [2.05, 4.69) is 16.0 Å². The average molecular weight is 533 g/mol. The molecular formula is C27H40N4O7. The highest BCUT2D eigenvalue weighted by molar-refractivity contribution is 5.88. The monoisotopic (exact) mass is 532 g/mol. The first-order valence-electron chi connectivity index (χ1n) is 13.4. The van der Waals surface area contributed by atoms with Crippen LogP contribution in [-0.4, -0.2) is 53.7 Å². The summed E-state index contributed by atoms with van der Waals surface area (Å²) in [5, 5.41) is 7.98. The van der Waals surface area contributed by atoms with Crippen molar-refractivity contribution in [2.75, 3.05) is 19.0 Å². The van der Waals surface area contributed by atoms with Gasteiger partial charge in [-0.2, -0.15) is 0 Å². The second kappa shape index (κ2) is 12.9. The number of pyridine rings is 1. The minimum absolute atomic E-state index is 0.0182. The summed E-state index contributed by atoms with van der Waals surface area (Å²) >= 11 is 0. The third kappa shape index (κ3) is 8.06. The van der Waals surface area contributed by atoms with Crippen LogP contribution >= 0.6 is 0 Å². The van der Waals surface area contributed by atoms with Gasteiger partial charge >= 0.3 is 12.1 Å². The number of methoxy groups -OCH3 is 1. The Morgan fingerprint density at radius 3 is 2.42 bits per heavy atom. The molecule has 3 atom stereocenters. The first kappa shape index (κ1) is 29.2. The van der Waals surface area contributed by atoms with E-state index in [1.54, 1.807) is 26.8 Å². The van der Waals surface area contributed by atoms with Crippen LogP contribution in [0.15, 0.2) is 23.1 Å². The van der Waals surface area contributed by atoms with Crippen LogP contribution in [0.5, 0.6) is 0 Å². The Hall–Kier alpha value is -3.37. The summed E-state index contributed by atoms with van der Waals surface area (Å²) in [6.45, 7) is 5.66. The van der Waals surface area contributed by atoms with Gasteiger partial charge in [-0.15, -0.1) is 0 Å². The number of hydrogen-bond acceptors (Lipinski definition) is 7. The normalized spacial score (nSPS) is 19.7. The predicted molar refractivity (Wildman–Crippen MR) is 140 cm³/mol. The van der Waals surface area contributed by atoms with E-state index in [0.717, 1.165) is 32.1 Å². The van der Waals surface area contributed by atoms with Gasteiger partial charge < -0.3 is 24.7 Å². The molecule has 3 N–H and O–H groups in total. The predicted octanol–water partition coefficient (Wildman–Crippen LogP) is 2.89. The Bertz CT molecular complexity index is 1070. The van der Waals surface area contributed by atoms with E-state index in [9.17, 15) is 24.0 Å². The van der Waals surface area contributed by atoms with Crippen molar-refractivity contribution in [1.82, 2.24) is 15.2 Å². The summed E-state index contributed by atoms with van der Waals surface area (Å²) in [4.78, 5) is 64.1. The summed E-state index contributed by atoms with van der Waals surface area (Å²) in [7, 11) is 1.23. The lowest BCUT2D eigenvalue weighted by molar-refractivity contribution is -0.146. The minimum Gasteiger partial charge on any atom is -0.467 e. The van der Waals surface area contributed by atoms with E-state index < -0.39 is 47.1 Å². The molecule has 210 valence electrons. The summed E-state index contributed by atoms with van der Waals surface area (Å²) in [6, 6.07) is 1.08. The van der Waals surface area contributed by atoms with Gasteiger partial charge in [0.25, 0.3) is 5.56 Å². The van der Waals surface area contributed by atoms with Gasteiger partial charge in [-0.25, -0.2) is 9.59 Å². The highest BCUT2D eigenvalue weighted by Crippen LogP contribution is 2.31. The standard InChI is InChI=1S/C27H40N4O7/c1-27(2,3)38-26(36)30-19-11-8-14-31(24(19)34)21(15-17-9-6-5-7-10-17)23(33)29-20(25(35)37-4)16-18-12-13-28-22(18)32/h8,11,14,17-18,20-21H,5-7,9-10,12-13,15-16H2,1-4H3,(H,28,32)(H,29,33)(H,30,36)/t18-,20-,21-/m0/s1. The largest absolute Gasteiger partial charge is 0.467 e. The first-order chi connectivity index (χ1) is 18.0. The molecule has 1 aliphatic heterocycles. The molecule has 38 heavy (non-hydrogen) atoms. The summed E-state index contributed by atoms with van der Waals surface area (Å²) in [5.74, 6) is -1.52. The fourth-order valence-electron chi connectivity index (χ4n) is 5.13. The van der Waals surface area contributed by atoms with Crippen LogP contribution < -0.4 is 21.5 Å². The molecule has 2 fully saturated rings. The molecule has 0 radical (unpaired) electrons. The number of carbonyl (C=O) groups excluding carboxylic acids is 4. The van der Waals surface area contributed by atoms with E-state index >= 15 is 0 Å². The van der Waals surface area contributed by atoms with E-state index in [0.29, 0.717) is 19.4 Å². The van der Waals surface area contributed by atoms with Gasteiger partial charge in [-0.05, 0) is 58.1 Å². The number of anilines is 1. The van der Waals surface area contributed by atoms with E-state index in [1.165, 1.54) is 23.9 Å². The maximum absolute atomic E-state index is 13.7. The van der Waals surface area contributed by atoms with Crippen LogP contribution in [0.4, 0.5) is 10.5 Å². The van der Waals surface area contributed by atoms with Crippen LogP contribution in [0.1, 0.15) is 78.2 Å². The van der Waals surface area contributed by atoms with Gasteiger partial charge in [0.1, 0.15) is 23.4 Å². The fourth-order valence-corrected chi connectivity index (χ4v) is 5.13. The Balaban J connectivity index is 1.87. The van der Waals surface area contributed by atoms with E-state index in [4.69, 9.17) is 9.47 Å².